The molecule has 6 nitrogen and oxygen atoms in total. The van der Waals surface area contributed by atoms with E-state index in [2.05, 4.69) is 41.9 Å². The zero-order chi connectivity index (χ0) is 20.0. The van der Waals surface area contributed by atoms with Gasteiger partial charge in [-0.2, -0.15) is 0 Å². The molecule has 0 aliphatic heterocycles. The molecule has 0 bridgehead atoms. The van der Waals surface area contributed by atoms with Crippen molar-refractivity contribution < 1.29 is 9.53 Å². The molecule has 28 heavy (non-hydrogen) atoms. The van der Waals surface area contributed by atoms with Gasteiger partial charge in [0.25, 0.3) is 0 Å². The van der Waals surface area contributed by atoms with Crippen LogP contribution in [0.15, 0.2) is 72.9 Å². The van der Waals surface area contributed by atoms with E-state index in [1.165, 1.54) is 0 Å². The van der Waals surface area contributed by atoms with Crippen LogP contribution in [-0.4, -0.2) is 11.0 Å². The molecule has 1 heterocycles. The van der Waals surface area contributed by atoms with Crippen molar-refractivity contribution in [2.75, 3.05) is 10.7 Å². The van der Waals surface area contributed by atoms with E-state index in [1.807, 2.05) is 54.6 Å². The van der Waals surface area contributed by atoms with Gasteiger partial charge in [-0.15, -0.1) is 0 Å². The Morgan fingerprint density at radius 3 is 2.39 bits per heavy atom. The van der Waals surface area contributed by atoms with Crippen molar-refractivity contribution in [3.05, 3.63) is 78.5 Å². The van der Waals surface area contributed by atoms with Crippen molar-refractivity contribution in [1.29, 1.82) is 0 Å². The van der Waals surface area contributed by atoms with Crippen LogP contribution in [0.5, 0.6) is 11.6 Å². The Labute approximate surface area is 164 Å². The first kappa shape index (κ1) is 19.2. The van der Waals surface area contributed by atoms with Gasteiger partial charge in [0.05, 0.1) is 5.69 Å². The van der Waals surface area contributed by atoms with Crippen LogP contribution >= 0.6 is 0 Å². The van der Waals surface area contributed by atoms with Crippen molar-refractivity contribution in [3.63, 3.8) is 0 Å². The van der Waals surface area contributed by atoms with Gasteiger partial charge in [-0.05, 0) is 35.7 Å². The van der Waals surface area contributed by atoms with Crippen molar-refractivity contribution in [3.8, 4) is 11.6 Å². The van der Waals surface area contributed by atoms with Crippen LogP contribution in [0.3, 0.4) is 0 Å². The quantitative estimate of drug-likeness (QED) is 0.527. The predicted molar refractivity (Wildman–Crippen MR) is 112 cm³/mol. The molecule has 2 aromatic carbocycles. The van der Waals surface area contributed by atoms with Crippen LogP contribution in [0.2, 0.25) is 0 Å². The number of urea groups is 1. The highest BCUT2D eigenvalue weighted by Crippen LogP contribution is 2.35. The topological polar surface area (TPSA) is 75.3 Å². The van der Waals surface area contributed by atoms with Crippen LogP contribution in [0.1, 0.15) is 26.3 Å². The molecule has 0 saturated carbocycles. The van der Waals surface area contributed by atoms with Gasteiger partial charge in [-0.25, -0.2) is 9.78 Å². The number of ether oxygens (including phenoxy) is 1. The van der Waals surface area contributed by atoms with E-state index in [9.17, 15) is 4.79 Å². The van der Waals surface area contributed by atoms with Gasteiger partial charge in [-0.3, -0.25) is 10.9 Å². The third-order valence-electron chi connectivity index (χ3n) is 4.02. The lowest BCUT2D eigenvalue weighted by molar-refractivity contribution is 0.253. The first-order chi connectivity index (χ1) is 13.4. The van der Waals surface area contributed by atoms with Gasteiger partial charge in [-0.1, -0.05) is 57.2 Å². The van der Waals surface area contributed by atoms with E-state index in [0.717, 1.165) is 11.3 Å². The average Bonchev–Trinajstić information content (AvgIpc) is 2.68. The van der Waals surface area contributed by atoms with Gasteiger partial charge in [0.1, 0.15) is 11.4 Å². The number of nitrogens with zero attached hydrogens (tertiary/aromatic N) is 1. The van der Waals surface area contributed by atoms with E-state index in [0.29, 0.717) is 17.3 Å². The number of rotatable bonds is 5. The van der Waals surface area contributed by atoms with Crippen LogP contribution in [-0.2, 0) is 5.41 Å². The fraction of sp³-hybridized carbons (Fsp3) is 0.182. The lowest BCUT2D eigenvalue weighted by atomic mass is 9.86. The van der Waals surface area contributed by atoms with Crippen LogP contribution in [0.25, 0.3) is 0 Å². The summed E-state index contributed by atoms with van der Waals surface area (Å²) in [6.07, 6.45) is 1.63. The molecule has 0 spiro atoms. The zero-order valence-electron chi connectivity index (χ0n) is 16.2. The standard InChI is InChI=1S/C22H24N4O2/c1-22(2,3)17-12-7-8-14-19(17)28-20-18(13-9-15-23-20)24-21(27)26-25-16-10-5-4-6-11-16/h4-15,25H,1-3H3,(H2,24,26,27). The highest BCUT2D eigenvalue weighted by atomic mass is 16.5. The Morgan fingerprint density at radius 1 is 0.929 bits per heavy atom. The van der Waals surface area contributed by atoms with E-state index < -0.39 is 6.03 Å². The number of para-hydroxylation sites is 2. The second-order valence-electron chi connectivity index (χ2n) is 7.27. The fourth-order valence-electron chi connectivity index (χ4n) is 2.65. The Balaban J connectivity index is 1.73. The molecular weight excluding hydrogens is 352 g/mol. The number of anilines is 2. The summed E-state index contributed by atoms with van der Waals surface area (Å²) in [4.78, 5) is 16.5. The number of amides is 2. The van der Waals surface area contributed by atoms with Gasteiger partial charge in [0.2, 0.25) is 5.88 Å². The summed E-state index contributed by atoms with van der Waals surface area (Å²) in [7, 11) is 0. The minimum absolute atomic E-state index is 0.0874. The number of pyridine rings is 1. The fourth-order valence-corrected chi connectivity index (χ4v) is 2.65. The molecule has 3 rings (SSSR count). The first-order valence-corrected chi connectivity index (χ1v) is 9.04. The molecule has 0 fully saturated rings. The molecule has 3 aromatic rings. The zero-order valence-corrected chi connectivity index (χ0v) is 16.2. The van der Waals surface area contributed by atoms with E-state index in [4.69, 9.17) is 4.74 Å². The normalized spacial score (nSPS) is 10.8. The number of carbonyl (C=O) groups is 1. The number of hydrazine groups is 1. The van der Waals surface area contributed by atoms with Gasteiger partial charge >= 0.3 is 6.03 Å². The maximum absolute atomic E-state index is 12.2. The summed E-state index contributed by atoms with van der Waals surface area (Å²) in [5.41, 5.74) is 7.65. The summed E-state index contributed by atoms with van der Waals surface area (Å²) in [6.45, 7) is 6.36. The number of hydrogen-bond acceptors (Lipinski definition) is 4. The summed E-state index contributed by atoms with van der Waals surface area (Å²) in [5.74, 6) is 1.04. The summed E-state index contributed by atoms with van der Waals surface area (Å²) in [6, 6.07) is 20.2. The summed E-state index contributed by atoms with van der Waals surface area (Å²) in [5, 5.41) is 2.76. The van der Waals surface area contributed by atoms with Crippen LogP contribution < -0.4 is 20.9 Å². The molecule has 0 saturated heterocycles. The molecule has 0 aliphatic rings. The molecule has 144 valence electrons. The number of benzene rings is 2. The Morgan fingerprint density at radius 2 is 1.64 bits per heavy atom. The maximum Gasteiger partial charge on any atom is 0.338 e. The number of aromatic nitrogens is 1. The second-order valence-corrected chi connectivity index (χ2v) is 7.27. The lowest BCUT2D eigenvalue weighted by Gasteiger charge is -2.22. The van der Waals surface area contributed by atoms with E-state index in [1.54, 1.807) is 18.3 Å². The monoisotopic (exact) mass is 376 g/mol. The summed E-state index contributed by atoms with van der Waals surface area (Å²) >= 11 is 0. The van der Waals surface area contributed by atoms with Gasteiger partial charge in [0.15, 0.2) is 0 Å². The molecule has 1 aromatic heterocycles. The smallest absolute Gasteiger partial charge is 0.338 e. The largest absolute Gasteiger partial charge is 0.437 e. The highest BCUT2D eigenvalue weighted by Gasteiger charge is 2.20. The SMILES string of the molecule is CC(C)(C)c1ccccc1Oc1ncccc1NC(=O)NNc1ccccc1. The Bertz CT molecular complexity index is 937. The van der Waals surface area contributed by atoms with Gasteiger partial charge in [0, 0.05) is 11.8 Å². The molecular formula is C22H24N4O2. The molecule has 2 amide bonds. The lowest BCUT2D eigenvalue weighted by Crippen LogP contribution is -2.33. The van der Waals surface area contributed by atoms with Gasteiger partial charge < -0.3 is 10.1 Å². The molecule has 3 N–H and O–H groups in total. The average molecular weight is 376 g/mol. The van der Waals surface area contributed by atoms with Crippen molar-refractivity contribution >= 4 is 17.4 Å². The highest BCUT2D eigenvalue weighted by molar-refractivity contribution is 5.91. The Kier molecular flexibility index (Phi) is 5.79. The summed E-state index contributed by atoms with van der Waals surface area (Å²) < 4.78 is 6.06. The van der Waals surface area contributed by atoms with E-state index in [-0.39, 0.29) is 5.41 Å². The first-order valence-electron chi connectivity index (χ1n) is 9.04. The maximum atomic E-state index is 12.2. The van der Waals surface area contributed by atoms with Crippen LogP contribution in [0, 0.1) is 0 Å². The van der Waals surface area contributed by atoms with Crippen molar-refractivity contribution in [2.24, 2.45) is 0 Å². The molecule has 0 aliphatic carbocycles. The predicted octanol–water partition coefficient (Wildman–Crippen LogP) is 5.32. The molecule has 0 atom stereocenters. The second kappa shape index (κ2) is 8.43. The molecule has 6 heteroatoms. The minimum atomic E-state index is -0.425. The minimum Gasteiger partial charge on any atom is -0.437 e. The van der Waals surface area contributed by atoms with Crippen molar-refractivity contribution in [2.45, 2.75) is 26.2 Å². The van der Waals surface area contributed by atoms with Crippen molar-refractivity contribution in [1.82, 2.24) is 10.4 Å². The third kappa shape index (κ3) is 5.01. The van der Waals surface area contributed by atoms with E-state index >= 15 is 0 Å². The number of carbonyl (C=O) groups excluding carboxylic acids is 1. The molecule has 0 unspecified atom stereocenters. The van der Waals surface area contributed by atoms with Crippen LogP contribution in [0.4, 0.5) is 16.2 Å². The third-order valence-corrected chi connectivity index (χ3v) is 4.02. The molecule has 0 radical (unpaired) electrons. The number of hydrogen-bond donors (Lipinski definition) is 3. The number of nitrogens with one attached hydrogen (secondary N) is 3. The Hall–Kier alpha value is -3.54.